The lowest BCUT2D eigenvalue weighted by Gasteiger charge is -2.05. The molecule has 5 heteroatoms. The Morgan fingerprint density at radius 2 is 2.05 bits per heavy atom. The molecule has 0 saturated heterocycles. The predicted molar refractivity (Wildman–Crippen MR) is 84.9 cm³/mol. The van der Waals surface area contributed by atoms with Crippen molar-refractivity contribution in [3.63, 3.8) is 0 Å². The van der Waals surface area contributed by atoms with E-state index in [2.05, 4.69) is 30.2 Å². The highest BCUT2D eigenvalue weighted by Gasteiger charge is 2.13. The first-order chi connectivity index (χ1) is 10.6. The van der Waals surface area contributed by atoms with Crippen molar-refractivity contribution in [2.24, 2.45) is 5.92 Å². The molecule has 2 aromatic rings. The zero-order valence-electron chi connectivity index (χ0n) is 13.2. The fourth-order valence-corrected chi connectivity index (χ4v) is 2.11. The third kappa shape index (κ3) is 4.26. The van der Waals surface area contributed by atoms with Gasteiger partial charge < -0.3 is 14.5 Å². The Hall–Kier alpha value is -2.48. The largest absolute Gasteiger partial charge is 0.497 e. The summed E-state index contributed by atoms with van der Waals surface area (Å²) in [5.74, 6) is 2.36. The van der Waals surface area contributed by atoms with E-state index >= 15 is 0 Å². The van der Waals surface area contributed by atoms with Crippen molar-refractivity contribution in [1.82, 2.24) is 4.98 Å². The summed E-state index contributed by atoms with van der Waals surface area (Å²) >= 11 is 0. The number of benzene rings is 1. The van der Waals surface area contributed by atoms with Crippen molar-refractivity contribution in [3.8, 4) is 11.8 Å². The molecule has 0 aliphatic carbocycles. The number of hydrogen-bond acceptors (Lipinski definition) is 5. The fraction of sp³-hybridized carbons (Fsp3) is 0.412. The van der Waals surface area contributed by atoms with Gasteiger partial charge in [0.15, 0.2) is 5.89 Å². The predicted octanol–water partition coefficient (Wildman–Crippen LogP) is 3.41. The minimum Gasteiger partial charge on any atom is -0.497 e. The lowest BCUT2D eigenvalue weighted by molar-refractivity contribution is 0.414. The van der Waals surface area contributed by atoms with Crippen LogP contribution in [0.1, 0.15) is 31.0 Å². The minimum atomic E-state index is 0.324. The molecular formula is C17H21N3O2. The highest BCUT2D eigenvalue weighted by molar-refractivity contribution is 5.45. The first kappa shape index (κ1) is 15.9. The van der Waals surface area contributed by atoms with Gasteiger partial charge in [0.05, 0.1) is 7.11 Å². The van der Waals surface area contributed by atoms with Crippen LogP contribution < -0.4 is 10.1 Å². The number of ether oxygens (including phenoxy) is 1. The first-order valence-corrected chi connectivity index (χ1v) is 7.39. The van der Waals surface area contributed by atoms with Crippen LogP contribution >= 0.6 is 0 Å². The molecule has 0 bridgehead atoms. The van der Waals surface area contributed by atoms with Crippen molar-refractivity contribution in [2.75, 3.05) is 19.0 Å². The Balaban J connectivity index is 1.93. The molecule has 0 aliphatic rings. The molecule has 0 amide bonds. The van der Waals surface area contributed by atoms with Crippen LogP contribution in [0.3, 0.4) is 0 Å². The van der Waals surface area contributed by atoms with E-state index in [-0.39, 0.29) is 0 Å². The molecule has 5 nitrogen and oxygen atoms in total. The second-order valence-corrected chi connectivity index (χ2v) is 5.52. The Bertz CT molecular complexity index is 639. The van der Waals surface area contributed by atoms with Gasteiger partial charge in [-0.05, 0) is 30.0 Å². The van der Waals surface area contributed by atoms with Crippen molar-refractivity contribution < 1.29 is 9.15 Å². The topological polar surface area (TPSA) is 71.1 Å². The second kappa shape index (κ2) is 7.51. The van der Waals surface area contributed by atoms with Crippen molar-refractivity contribution in [2.45, 2.75) is 26.7 Å². The summed E-state index contributed by atoms with van der Waals surface area (Å²) in [5.41, 5.74) is 1.51. The molecule has 1 heterocycles. The molecule has 1 N–H and O–H groups in total. The number of oxazole rings is 1. The van der Waals surface area contributed by atoms with Crippen LogP contribution in [0.4, 0.5) is 5.88 Å². The number of rotatable bonds is 7. The van der Waals surface area contributed by atoms with E-state index in [4.69, 9.17) is 14.4 Å². The minimum absolute atomic E-state index is 0.324. The number of hydrogen-bond donors (Lipinski definition) is 1. The Morgan fingerprint density at radius 3 is 2.64 bits per heavy atom. The van der Waals surface area contributed by atoms with Crippen molar-refractivity contribution >= 4 is 5.88 Å². The number of nitriles is 1. The molecule has 0 fully saturated rings. The van der Waals surface area contributed by atoms with Gasteiger partial charge in [0, 0.05) is 13.0 Å². The van der Waals surface area contributed by atoms with E-state index in [1.165, 1.54) is 5.56 Å². The maximum Gasteiger partial charge on any atom is 0.232 e. The van der Waals surface area contributed by atoms with E-state index in [0.717, 1.165) is 18.6 Å². The summed E-state index contributed by atoms with van der Waals surface area (Å²) in [6.45, 7) is 4.86. The zero-order valence-corrected chi connectivity index (χ0v) is 13.2. The van der Waals surface area contributed by atoms with Crippen LogP contribution in [0.2, 0.25) is 0 Å². The average molecular weight is 299 g/mol. The normalized spacial score (nSPS) is 10.5. The summed E-state index contributed by atoms with van der Waals surface area (Å²) in [6, 6.07) is 9.99. The third-order valence-corrected chi connectivity index (χ3v) is 3.22. The van der Waals surface area contributed by atoms with Gasteiger partial charge in [-0.25, -0.2) is 4.98 Å². The summed E-state index contributed by atoms with van der Waals surface area (Å²) in [7, 11) is 1.65. The van der Waals surface area contributed by atoms with Gasteiger partial charge in [0.25, 0.3) is 0 Å². The molecule has 0 unspecified atom stereocenters. The van der Waals surface area contributed by atoms with E-state index in [1.807, 2.05) is 24.3 Å². The van der Waals surface area contributed by atoms with Crippen molar-refractivity contribution in [1.29, 1.82) is 5.26 Å². The Morgan fingerprint density at radius 1 is 1.32 bits per heavy atom. The fourth-order valence-electron chi connectivity index (χ4n) is 2.11. The van der Waals surface area contributed by atoms with Crippen LogP contribution in [0.25, 0.3) is 0 Å². The highest BCUT2D eigenvalue weighted by atomic mass is 16.5. The van der Waals surface area contributed by atoms with E-state index in [0.29, 0.717) is 29.9 Å². The first-order valence-electron chi connectivity index (χ1n) is 7.39. The van der Waals surface area contributed by atoms with Gasteiger partial charge in [-0.3, -0.25) is 0 Å². The van der Waals surface area contributed by atoms with Crippen molar-refractivity contribution in [3.05, 3.63) is 41.4 Å². The summed E-state index contributed by atoms with van der Waals surface area (Å²) < 4.78 is 10.8. The maximum absolute atomic E-state index is 9.11. The quantitative estimate of drug-likeness (QED) is 0.848. The number of nitrogens with one attached hydrogen (secondary N) is 1. The highest BCUT2D eigenvalue weighted by Crippen LogP contribution is 2.19. The maximum atomic E-state index is 9.11. The smallest absolute Gasteiger partial charge is 0.232 e. The van der Waals surface area contributed by atoms with Gasteiger partial charge in [-0.2, -0.15) is 5.26 Å². The monoisotopic (exact) mass is 299 g/mol. The van der Waals surface area contributed by atoms with E-state index in [9.17, 15) is 0 Å². The SMILES string of the molecule is COc1ccc(CCNc2oc(CC(C)C)nc2C#N)cc1. The molecule has 0 aliphatic heterocycles. The average Bonchev–Trinajstić information content (AvgIpc) is 2.89. The summed E-state index contributed by atoms with van der Waals surface area (Å²) in [6.07, 6.45) is 1.56. The van der Waals surface area contributed by atoms with Crippen LogP contribution in [-0.4, -0.2) is 18.6 Å². The molecular weight excluding hydrogens is 278 g/mol. The molecule has 0 atom stereocenters. The molecule has 0 saturated carbocycles. The van der Waals surface area contributed by atoms with Gasteiger partial charge in [0.2, 0.25) is 11.6 Å². The Kier molecular flexibility index (Phi) is 5.42. The van der Waals surface area contributed by atoms with Crippen LogP contribution in [-0.2, 0) is 12.8 Å². The Labute approximate surface area is 130 Å². The zero-order chi connectivity index (χ0) is 15.9. The molecule has 0 radical (unpaired) electrons. The van der Waals surface area contributed by atoms with Crippen LogP contribution in [0, 0.1) is 17.2 Å². The number of methoxy groups -OCH3 is 1. The molecule has 116 valence electrons. The number of nitrogens with zero attached hydrogens (tertiary/aromatic N) is 2. The summed E-state index contributed by atoms with van der Waals surface area (Å²) in [4.78, 5) is 4.21. The van der Waals surface area contributed by atoms with Gasteiger partial charge in [0.1, 0.15) is 11.8 Å². The number of aromatic nitrogens is 1. The van der Waals surface area contributed by atoms with Gasteiger partial charge in [-0.15, -0.1) is 0 Å². The summed E-state index contributed by atoms with van der Waals surface area (Å²) in [5, 5.41) is 12.3. The van der Waals surface area contributed by atoms with Crippen LogP contribution in [0.5, 0.6) is 5.75 Å². The molecule has 2 rings (SSSR count). The van der Waals surface area contributed by atoms with Gasteiger partial charge >= 0.3 is 0 Å². The lowest BCUT2D eigenvalue weighted by atomic mass is 10.1. The van der Waals surface area contributed by atoms with Crippen LogP contribution in [0.15, 0.2) is 28.7 Å². The third-order valence-electron chi connectivity index (χ3n) is 3.22. The molecule has 22 heavy (non-hydrogen) atoms. The molecule has 0 spiro atoms. The molecule has 1 aromatic carbocycles. The van der Waals surface area contributed by atoms with E-state index < -0.39 is 0 Å². The second-order valence-electron chi connectivity index (χ2n) is 5.52. The van der Waals surface area contributed by atoms with E-state index in [1.54, 1.807) is 7.11 Å². The standard InChI is InChI=1S/C17H21N3O2/c1-12(2)10-16-20-15(11-18)17(22-16)19-9-8-13-4-6-14(21-3)7-5-13/h4-7,12,19H,8-10H2,1-3H3. The lowest BCUT2D eigenvalue weighted by Crippen LogP contribution is -2.05. The van der Waals surface area contributed by atoms with Gasteiger partial charge in [-0.1, -0.05) is 26.0 Å². The number of anilines is 1. The molecule has 1 aromatic heterocycles.